The van der Waals surface area contributed by atoms with Gasteiger partial charge in [0.15, 0.2) is 15.9 Å². The zero-order valence-corrected chi connectivity index (χ0v) is 17.0. The molecule has 0 radical (unpaired) electrons. The van der Waals surface area contributed by atoms with Crippen molar-refractivity contribution in [1.29, 1.82) is 0 Å². The van der Waals surface area contributed by atoms with E-state index >= 15 is 0 Å². The second kappa shape index (κ2) is 7.12. The number of amides is 1. The summed E-state index contributed by atoms with van der Waals surface area (Å²) in [5, 5.41) is 10.6. The largest absolute Gasteiger partial charge is 0.302 e. The average Bonchev–Trinajstić information content (AvgIpc) is 3.43. The zero-order chi connectivity index (χ0) is 20.0. The van der Waals surface area contributed by atoms with Crippen molar-refractivity contribution in [2.45, 2.75) is 24.5 Å². The third-order valence-corrected chi connectivity index (χ3v) is 6.60. The third-order valence-electron chi connectivity index (χ3n) is 4.81. The van der Waals surface area contributed by atoms with Crippen LogP contribution >= 0.6 is 23.1 Å². The summed E-state index contributed by atoms with van der Waals surface area (Å²) in [6.07, 6.45) is 3.39. The van der Waals surface area contributed by atoms with Gasteiger partial charge in [0, 0.05) is 23.8 Å². The van der Waals surface area contributed by atoms with Crippen molar-refractivity contribution in [3.63, 3.8) is 0 Å². The van der Waals surface area contributed by atoms with Crippen molar-refractivity contribution in [2.75, 3.05) is 11.1 Å². The number of benzene rings is 1. The summed E-state index contributed by atoms with van der Waals surface area (Å²) in [5.41, 5.74) is 2.31. The van der Waals surface area contributed by atoms with Gasteiger partial charge in [0.2, 0.25) is 5.91 Å². The molecule has 1 N–H and O–H groups in total. The van der Waals surface area contributed by atoms with E-state index in [9.17, 15) is 9.59 Å². The number of anilines is 1. The molecule has 1 aliphatic rings. The number of fused-ring (bicyclic) bond motifs is 2. The molecule has 4 heterocycles. The van der Waals surface area contributed by atoms with Crippen LogP contribution in [0.4, 0.5) is 5.13 Å². The van der Waals surface area contributed by atoms with E-state index in [4.69, 9.17) is 4.98 Å². The lowest BCUT2D eigenvalue weighted by molar-refractivity contribution is -0.116. The molecule has 29 heavy (non-hydrogen) atoms. The molecule has 0 aliphatic carbocycles. The van der Waals surface area contributed by atoms with E-state index in [0.717, 1.165) is 11.3 Å². The normalized spacial score (nSPS) is 15.6. The monoisotopic (exact) mass is 424 g/mol. The van der Waals surface area contributed by atoms with Gasteiger partial charge in [-0.3, -0.25) is 14.2 Å². The first-order valence-electron chi connectivity index (χ1n) is 9.00. The van der Waals surface area contributed by atoms with Crippen molar-refractivity contribution >= 4 is 45.2 Å². The Balaban J connectivity index is 1.50. The van der Waals surface area contributed by atoms with Crippen molar-refractivity contribution in [1.82, 2.24) is 24.3 Å². The highest BCUT2D eigenvalue weighted by atomic mass is 32.2. The Kier molecular flexibility index (Phi) is 4.44. The molecular formula is C19H16N6O2S2. The maximum Gasteiger partial charge on any atom is 0.265 e. The van der Waals surface area contributed by atoms with E-state index in [0.29, 0.717) is 27.1 Å². The lowest BCUT2D eigenvalue weighted by Gasteiger charge is -2.13. The zero-order valence-electron chi connectivity index (χ0n) is 15.4. The maximum atomic E-state index is 13.2. The van der Waals surface area contributed by atoms with Crippen LogP contribution in [0.3, 0.4) is 0 Å². The smallest absolute Gasteiger partial charge is 0.265 e. The summed E-state index contributed by atoms with van der Waals surface area (Å²) in [6.45, 7) is 1.99. The van der Waals surface area contributed by atoms with Gasteiger partial charge >= 0.3 is 0 Å². The molecule has 4 aromatic rings. The second-order valence-corrected chi connectivity index (χ2v) is 8.59. The number of thiazole rings is 1. The van der Waals surface area contributed by atoms with Gasteiger partial charge in [-0.05, 0) is 18.6 Å². The van der Waals surface area contributed by atoms with Crippen LogP contribution in [0, 0.1) is 6.92 Å². The van der Waals surface area contributed by atoms with Crippen LogP contribution in [-0.2, 0) is 4.79 Å². The molecule has 1 aromatic carbocycles. The highest BCUT2D eigenvalue weighted by Gasteiger charge is 2.29. The topological polar surface area (TPSA) is 94.7 Å². The van der Waals surface area contributed by atoms with Crippen molar-refractivity contribution < 1.29 is 4.79 Å². The molecule has 3 aromatic heterocycles. The minimum Gasteiger partial charge on any atom is -0.302 e. The van der Waals surface area contributed by atoms with Gasteiger partial charge in [0.05, 0.1) is 17.9 Å². The van der Waals surface area contributed by atoms with Gasteiger partial charge in [-0.2, -0.15) is 5.10 Å². The van der Waals surface area contributed by atoms with Gasteiger partial charge in [-0.25, -0.2) is 14.6 Å². The SMILES string of the molecule is Cc1ccccc1-n1ncc2c(=O)n3c(nc21)SCC3CC(=O)Nc1nccs1. The van der Waals surface area contributed by atoms with Crippen LogP contribution in [0.25, 0.3) is 16.7 Å². The van der Waals surface area contributed by atoms with E-state index < -0.39 is 0 Å². The molecule has 10 heteroatoms. The minimum atomic E-state index is -0.249. The summed E-state index contributed by atoms with van der Waals surface area (Å²) in [4.78, 5) is 34.3. The van der Waals surface area contributed by atoms with Crippen LogP contribution in [0.2, 0.25) is 0 Å². The molecular weight excluding hydrogens is 408 g/mol. The fourth-order valence-corrected chi connectivity index (χ4v) is 5.10. The number of hydrogen-bond acceptors (Lipinski definition) is 7. The number of hydrogen-bond donors (Lipinski definition) is 1. The molecule has 1 aliphatic heterocycles. The Morgan fingerprint density at radius 3 is 3.00 bits per heavy atom. The van der Waals surface area contributed by atoms with Crippen molar-refractivity contribution in [3.8, 4) is 5.69 Å². The molecule has 0 fully saturated rings. The number of aromatic nitrogens is 5. The molecule has 0 saturated heterocycles. The van der Waals surface area contributed by atoms with Crippen molar-refractivity contribution in [2.24, 2.45) is 0 Å². The summed E-state index contributed by atoms with van der Waals surface area (Å²) in [5.74, 6) is 0.457. The summed E-state index contributed by atoms with van der Waals surface area (Å²) in [6, 6.07) is 7.59. The molecule has 146 valence electrons. The second-order valence-electron chi connectivity index (χ2n) is 6.70. The van der Waals surface area contributed by atoms with Gasteiger partial charge < -0.3 is 5.32 Å². The highest BCUT2D eigenvalue weighted by Crippen LogP contribution is 2.33. The standard InChI is InChI=1S/C19H16N6O2S2/c1-11-4-2-3-5-14(11)25-16-13(9-21-25)17(27)24-12(10-29-19(24)23-16)8-15(26)22-18-20-6-7-28-18/h2-7,9,12H,8,10H2,1H3,(H,20,22,26). The number of aryl methyl sites for hydroxylation is 1. The van der Waals surface area contributed by atoms with E-state index in [2.05, 4.69) is 15.4 Å². The number of nitrogens with zero attached hydrogens (tertiary/aromatic N) is 5. The molecule has 1 atom stereocenters. The highest BCUT2D eigenvalue weighted by molar-refractivity contribution is 7.99. The number of para-hydroxylation sites is 1. The number of carbonyl (C=O) groups excluding carboxylic acids is 1. The van der Waals surface area contributed by atoms with Gasteiger partial charge in [0.1, 0.15) is 5.39 Å². The third kappa shape index (κ3) is 3.14. The summed E-state index contributed by atoms with van der Waals surface area (Å²) >= 11 is 2.85. The molecule has 1 amide bonds. The number of carbonyl (C=O) groups is 1. The first-order chi connectivity index (χ1) is 14.1. The van der Waals surface area contributed by atoms with Crippen LogP contribution in [0.5, 0.6) is 0 Å². The van der Waals surface area contributed by atoms with Gasteiger partial charge in [-0.1, -0.05) is 30.0 Å². The quantitative estimate of drug-likeness (QED) is 0.506. The molecule has 8 nitrogen and oxygen atoms in total. The van der Waals surface area contributed by atoms with E-state index in [1.54, 1.807) is 27.0 Å². The number of rotatable bonds is 4. The lowest BCUT2D eigenvalue weighted by atomic mass is 10.2. The molecule has 0 bridgehead atoms. The van der Waals surface area contributed by atoms with Crippen molar-refractivity contribution in [3.05, 3.63) is 58.0 Å². The Morgan fingerprint density at radius 1 is 1.34 bits per heavy atom. The maximum absolute atomic E-state index is 13.2. The van der Waals surface area contributed by atoms with Gasteiger partial charge in [0.25, 0.3) is 5.56 Å². The van der Waals surface area contributed by atoms with E-state index in [1.165, 1.54) is 23.1 Å². The first-order valence-corrected chi connectivity index (χ1v) is 10.9. The molecule has 0 saturated carbocycles. The van der Waals surface area contributed by atoms with Gasteiger partial charge in [-0.15, -0.1) is 11.3 Å². The number of thioether (sulfide) groups is 1. The van der Waals surface area contributed by atoms with E-state index in [-0.39, 0.29) is 23.9 Å². The van der Waals surface area contributed by atoms with Crippen LogP contribution in [0.15, 0.2) is 52.0 Å². The minimum absolute atomic E-state index is 0.165. The van der Waals surface area contributed by atoms with Crippen LogP contribution in [-0.4, -0.2) is 36.0 Å². The Morgan fingerprint density at radius 2 is 2.21 bits per heavy atom. The Hall–Kier alpha value is -2.98. The fraction of sp³-hybridized carbons (Fsp3) is 0.211. The van der Waals surface area contributed by atoms with Crippen LogP contribution < -0.4 is 10.9 Å². The molecule has 0 spiro atoms. The average molecular weight is 425 g/mol. The van der Waals surface area contributed by atoms with Crippen LogP contribution in [0.1, 0.15) is 18.0 Å². The summed E-state index contributed by atoms with van der Waals surface area (Å²) in [7, 11) is 0. The number of nitrogens with one attached hydrogen (secondary N) is 1. The van der Waals surface area contributed by atoms with E-state index in [1.807, 2.05) is 31.2 Å². The Labute approximate surface area is 173 Å². The predicted octanol–water partition coefficient (Wildman–Crippen LogP) is 3.02. The predicted molar refractivity (Wildman–Crippen MR) is 113 cm³/mol. The Bertz CT molecular complexity index is 1280. The molecule has 5 rings (SSSR count). The summed E-state index contributed by atoms with van der Waals surface area (Å²) < 4.78 is 3.33. The fourth-order valence-electron chi connectivity index (χ4n) is 3.43. The lowest BCUT2D eigenvalue weighted by Crippen LogP contribution is -2.27. The first kappa shape index (κ1) is 18.1. The molecule has 1 unspecified atom stereocenters.